The number of alkyl halides is 6. The minimum Gasteiger partial charge on any atom is -0.744 e. The maximum atomic E-state index is 10.6. The first-order valence-electron chi connectivity index (χ1n) is 3.52. The molecule has 0 aromatic rings. The molecule has 0 saturated heterocycles. The Labute approximate surface area is 137 Å². The molecular weight excluding hydrogens is 512 g/mol. The van der Waals surface area contributed by atoms with Crippen LogP contribution in [0.1, 0.15) is 0 Å². The summed E-state index contributed by atoms with van der Waals surface area (Å²) in [6.45, 7) is 0. The fourth-order valence-corrected chi connectivity index (χ4v) is 0. The Morgan fingerprint density at radius 1 is 0.500 bits per heavy atom. The van der Waals surface area contributed by atoms with Crippen LogP contribution in [0.2, 0.25) is 0 Å². The second kappa shape index (κ2) is 11.6. The fraction of sp³-hybridized carbons (Fsp3) is 1.00. The second-order valence-electron chi connectivity index (χ2n) is 2.26. The van der Waals surface area contributed by atoms with Crippen LogP contribution in [0, 0.1) is 0 Å². The van der Waals surface area contributed by atoms with Gasteiger partial charge in [-0.2, -0.15) is 26.3 Å². The molecule has 0 saturated carbocycles. The van der Waals surface area contributed by atoms with Crippen molar-refractivity contribution < 1.29 is 65.3 Å². The van der Waals surface area contributed by atoms with Crippen molar-refractivity contribution in [2.24, 2.45) is 0 Å². The van der Waals surface area contributed by atoms with Gasteiger partial charge in [-0.15, -0.1) is 0 Å². The Balaban J connectivity index is -0.000000108. The van der Waals surface area contributed by atoms with E-state index in [1.807, 2.05) is 0 Å². The molecule has 0 amide bonds. The van der Waals surface area contributed by atoms with Crippen LogP contribution in [0.5, 0.6) is 0 Å². The summed E-state index contributed by atoms with van der Waals surface area (Å²) >= 11 is 0. The predicted molar refractivity (Wildman–Crippen MR) is 52.9 cm³/mol. The zero-order chi connectivity index (χ0) is 18.2. The van der Waals surface area contributed by atoms with E-state index in [1.165, 1.54) is 0 Å². The second-order valence-corrected chi connectivity index (χ2v) is 6.29. The minimum atomic E-state index is -5.32. The molecule has 0 heterocycles. The van der Waals surface area contributed by atoms with Crippen LogP contribution in [0.25, 0.3) is 0 Å². The molecule has 0 aromatic heterocycles. The number of hydrogen-bond acceptors (Lipinski definition) is 9. The molecule has 0 aliphatic rings. The van der Waals surface area contributed by atoms with E-state index in [1.54, 1.807) is 0 Å². The van der Waals surface area contributed by atoms with E-state index in [2.05, 4.69) is 0 Å². The van der Waals surface area contributed by atoms with Crippen LogP contribution in [0.3, 0.4) is 0 Å². The smallest absolute Gasteiger partial charge is 0.744 e. The molecule has 0 atom stereocenters. The quantitative estimate of drug-likeness (QED) is 0.257. The normalized spacial score (nSPS) is 12.0. The fourth-order valence-electron chi connectivity index (χ4n) is 0. The topological polar surface area (TPSA) is 172 Å². The Bertz CT molecular complexity index is 496. The van der Waals surface area contributed by atoms with Crippen molar-refractivity contribution in [3.63, 3.8) is 0 Å². The van der Waals surface area contributed by atoms with Gasteiger partial charge in [0.15, 0.2) is 30.4 Å². The molecule has 0 aliphatic heterocycles. The van der Waals surface area contributed by atoms with E-state index < -0.39 is 47.6 Å². The molecule has 2 radical (unpaired) electrons. The Morgan fingerprint density at radius 3 is 0.545 bits per heavy atom. The molecule has 9 nitrogen and oxygen atoms in total. The molecular formula is C3H3F6O9S3Sb. The third-order valence-corrected chi connectivity index (χ3v) is 1.96. The molecule has 19 heteroatoms. The molecule has 0 bridgehead atoms. The van der Waals surface area contributed by atoms with Crippen LogP contribution in [-0.2, 0) is 30.4 Å². The zero-order valence-electron chi connectivity index (χ0n) is 9.35. The van der Waals surface area contributed by atoms with Crippen LogP contribution in [-0.4, -0.2) is 80.6 Å². The van der Waals surface area contributed by atoms with Gasteiger partial charge >= 0.3 is 41.7 Å². The van der Waals surface area contributed by atoms with Crippen molar-refractivity contribution in [2.45, 2.75) is 17.3 Å². The Kier molecular flexibility index (Phi) is 15.9. The van der Waals surface area contributed by atoms with E-state index >= 15 is 0 Å². The first-order valence-corrected chi connectivity index (χ1v) is 7.93. The summed E-state index contributed by atoms with van der Waals surface area (Å²) in [5, 5.41) is 0. The molecule has 134 valence electrons. The van der Waals surface area contributed by atoms with Gasteiger partial charge < -0.3 is 13.7 Å². The zero-order valence-corrected chi connectivity index (χ0v) is 14.3. The van der Waals surface area contributed by atoms with Crippen molar-refractivity contribution >= 4 is 54.8 Å². The van der Waals surface area contributed by atoms with E-state index in [0.29, 0.717) is 0 Å². The first kappa shape index (κ1) is 30.1. The molecule has 0 aromatic carbocycles. The van der Waals surface area contributed by atoms with Crippen molar-refractivity contribution in [3.8, 4) is 0 Å². The average molecular weight is 515 g/mol. The van der Waals surface area contributed by atoms with Crippen molar-refractivity contribution in [2.75, 3.05) is 0 Å². The van der Waals surface area contributed by atoms with Crippen LogP contribution in [0.4, 0.5) is 26.3 Å². The maximum Gasteiger partial charge on any atom is 3.00 e. The van der Waals surface area contributed by atoms with Crippen molar-refractivity contribution in [1.29, 1.82) is 0 Å². The molecule has 0 N–H and O–H groups in total. The average Bonchev–Trinajstić information content (AvgIpc) is 2.14. The summed E-state index contributed by atoms with van der Waals surface area (Å²) in [6, 6.07) is 0. The van der Waals surface area contributed by atoms with Crippen molar-refractivity contribution in [3.05, 3.63) is 0 Å². The molecule has 0 rings (SSSR count). The van der Waals surface area contributed by atoms with Crippen LogP contribution >= 0.6 is 0 Å². The van der Waals surface area contributed by atoms with Gasteiger partial charge in [0, 0.05) is 0 Å². The third kappa shape index (κ3) is 22.4. The summed E-state index contributed by atoms with van der Waals surface area (Å²) < 4.78 is 145. The van der Waals surface area contributed by atoms with E-state index in [0.717, 1.165) is 0 Å². The van der Waals surface area contributed by atoms with E-state index in [9.17, 15) is 26.3 Å². The standard InChI is InChI=1S/3CH2F2O3S.Sb/c3*2-1(3)7(4,5)6;/h3*1H,(H,4,5,6);/q;;;+3/p-3. The van der Waals surface area contributed by atoms with Gasteiger partial charge in [0.05, 0.1) is 0 Å². The molecule has 0 spiro atoms. The SMILES string of the molecule is O=S(=O)([O-])C(F)F.O=S(=O)([O-])C(F)F.O=S(=O)([O-])C(F)F.[Sb+3]. The summed E-state index contributed by atoms with van der Waals surface area (Å²) in [7, 11) is -16.0. The summed E-state index contributed by atoms with van der Waals surface area (Å²) in [5.74, 6) is -11.4. The van der Waals surface area contributed by atoms with E-state index in [4.69, 9.17) is 38.9 Å². The van der Waals surface area contributed by atoms with Gasteiger partial charge in [0.2, 0.25) is 0 Å². The van der Waals surface area contributed by atoms with Gasteiger partial charge in [-0.05, 0) is 0 Å². The third-order valence-electron chi connectivity index (χ3n) is 0.655. The summed E-state index contributed by atoms with van der Waals surface area (Å²) in [4.78, 5) is 0. The number of halogens is 6. The van der Waals surface area contributed by atoms with Crippen molar-refractivity contribution in [1.82, 2.24) is 0 Å². The first-order chi connectivity index (χ1) is 8.83. The van der Waals surface area contributed by atoms with Crippen LogP contribution < -0.4 is 0 Å². The molecule has 0 aliphatic carbocycles. The maximum absolute atomic E-state index is 10.6. The van der Waals surface area contributed by atoms with Gasteiger partial charge in [-0.1, -0.05) is 0 Å². The number of rotatable bonds is 3. The molecule has 0 fully saturated rings. The summed E-state index contributed by atoms with van der Waals surface area (Å²) in [5.41, 5.74) is 0. The number of hydrogen-bond donors (Lipinski definition) is 0. The van der Waals surface area contributed by atoms with Gasteiger partial charge in [-0.25, -0.2) is 25.3 Å². The predicted octanol–water partition coefficient (Wildman–Crippen LogP) is -1.12. The monoisotopic (exact) mass is 514 g/mol. The van der Waals surface area contributed by atoms with Gasteiger partial charge in [-0.3, -0.25) is 0 Å². The van der Waals surface area contributed by atoms with E-state index in [-0.39, 0.29) is 24.4 Å². The summed E-state index contributed by atoms with van der Waals surface area (Å²) in [6.07, 6.45) is 0. The molecule has 0 unspecified atom stereocenters. The van der Waals surface area contributed by atoms with Crippen LogP contribution in [0.15, 0.2) is 0 Å². The molecule has 22 heavy (non-hydrogen) atoms. The Morgan fingerprint density at radius 2 is 0.545 bits per heavy atom. The minimum absolute atomic E-state index is 0. The van der Waals surface area contributed by atoms with Gasteiger partial charge in [0.25, 0.3) is 0 Å². The largest absolute Gasteiger partial charge is 3.00 e. The van der Waals surface area contributed by atoms with Gasteiger partial charge in [0.1, 0.15) is 0 Å². The Hall–Kier alpha value is 0.128.